The summed E-state index contributed by atoms with van der Waals surface area (Å²) >= 11 is 0. The quantitative estimate of drug-likeness (QED) is 0.620. The molecule has 0 unspecified atom stereocenters. The van der Waals surface area contributed by atoms with Crippen LogP contribution in [0.4, 0.5) is 5.95 Å². The molecule has 1 rings (SSSR count). The Bertz CT molecular complexity index is 249. The zero-order valence-corrected chi connectivity index (χ0v) is 6.63. The molecule has 0 radical (unpaired) electrons. The van der Waals surface area contributed by atoms with E-state index in [1.54, 1.807) is 6.92 Å². The van der Waals surface area contributed by atoms with Crippen LogP contribution in [0.3, 0.4) is 0 Å². The van der Waals surface area contributed by atoms with E-state index in [2.05, 4.69) is 9.97 Å². The number of aryl methyl sites for hydroxylation is 1. The van der Waals surface area contributed by atoms with Crippen molar-refractivity contribution >= 4 is 5.95 Å². The molecule has 11 heavy (non-hydrogen) atoms. The summed E-state index contributed by atoms with van der Waals surface area (Å²) in [4.78, 5) is 7.54. The highest BCUT2D eigenvalue weighted by Crippen LogP contribution is 2.17. The molecular formula is C7H11N3O. The van der Waals surface area contributed by atoms with E-state index < -0.39 is 0 Å². The molecule has 4 heteroatoms. The van der Waals surface area contributed by atoms with Gasteiger partial charge in [-0.05, 0) is 13.3 Å². The van der Waals surface area contributed by atoms with Crippen molar-refractivity contribution in [3.63, 3.8) is 0 Å². The third-order valence-corrected chi connectivity index (χ3v) is 1.56. The molecule has 0 aliphatic rings. The van der Waals surface area contributed by atoms with Gasteiger partial charge in [-0.25, -0.2) is 4.98 Å². The van der Waals surface area contributed by atoms with E-state index in [1.807, 2.05) is 6.92 Å². The molecule has 0 fully saturated rings. The SMILES string of the molecule is CCc1c(C)nc(N)nc1O. The molecule has 60 valence electrons. The maximum Gasteiger partial charge on any atom is 0.223 e. The average molecular weight is 153 g/mol. The summed E-state index contributed by atoms with van der Waals surface area (Å²) in [6, 6.07) is 0. The fraction of sp³-hybridized carbons (Fsp3) is 0.429. The van der Waals surface area contributed by atoms with Gasteiger partial charge in [0.15, 0.2) is 0 Å². The summed E-state index contributed by atoms with van der Waals surface area (Å²) in [5, 5.41) is 9.24. The second-order valence-corrected chi connectivity index (χ2v) is 2.32. The maximum absolute atomic E-state index is 9.24. The van der Waals surface area contributed by atoms with Crippen LogP contribution in [0.5, 0.6) is 5.88 Å². The van der Waals surface area contributed by atoms with E-state index >= 15 is 0 Å². The van der Waals surface area contributed by atoms with Crippen molar-refractivity contribution in [1.29, 1.82) is 0 Å². The summed E-state index contributed by atoms with van der Waals surface area (Å²) in [6.07, 6.45) is 0.720. The highest BCUT2D eigenvalue weighted by molar-refractivity contribution is 5.34. The van der Waals surface area contributed by atoms with Gasteiger partial charge >= 0.3 is 0 Å². The molecule has 0 bridgehead atoms. The molecule has 0 amide bonds. The zero-order chi connectivity index (χ0) is 8.43. The molecule has 1 aromatic rings. The fourth-order valence-corrected chi connectivity index (χ4v) is 1.02. The first-order valence-corrected chi connectivity index (χ1v) is 3.47. The first-order chi connectivity index (χ1) is 5.15. The normalized spacial score (nSPS) is 10.0. The van der Waals surface area contributed by atoms with Gasteiger partial charge in [0.05, 0.1) is 0 Å². The Kier molecular flexibility index (Phi) is 1.94. The highest BCUT2D eigenvalue weighted by atomic mass is 16.3. The largest absolute Gasteiger partial charge is 0.493 e. The Hall–Kier alpha value is -1.32. The Morgan fingerprint density at radius 3 is 2.55 bits per heavy atom. The number of hydrogen-bond donors (Lipinski definition) is 2. The number of nitrogens with zero attached hydrogens (tertiary/aromatic N) is 2. The van der Waals surface area contributed by atoms with Crippen LogP contribution >= 0.6 is 0 Å². The topological polar surface area (TPSA) is 72.0 Å². The van der Waals surface area contributed by atoms with Gasteiger partial charge in [0, 0.05) is 11.3 Å². The minimum absolute atomic E-state index is 0.00231. The smallest absolute Gasteiger partial charge is 0.223 e. The molecule has 0 aliphatic carbocycles. The van der Waals surface area contributed by atoms with Gasteiger partial charge in [0.25, 0.3) is 0 Å². The Morgan fingerprint density at radius 2 is 2.09 bits per heavy atom. The Morgan fingerprint density at radius 1 is 1.45 bits per heavy atom. The van der Waals surface area contributed by atoms with Crippen LogP contribution in [0.2, 0.25) is 0 Å². The lowest BCUT2D eigenvalue weighted by molar-refractivity contribution is 0.445. The van der Waals surface area contributed by atoms with Gasteiger partial charge in [-0.1, -0.05) is 6.92 Å². The number of nitrogens with two attached hydrogens (primary N) is 1. The molecule has 1 heterocycles. The molecule has 3 N–H and O–H groups in total. The molecular weight excluding hydrogens is 142 g/mol. The van der Waals surface area contributed by atoms with Crippen molar-refractivity contribution in [3.05, 3.63) is 11.3 Å². The Labute approximate surface area is 65.1 Å². The minimum atomic E-state index is -0.00231. The second kappa shape index (κ2) is 2.74. The number of hydrogen-bond acceptors (Lipinski definition) is 4. The zero-order valence-electron chi connectivity index (χ0n) is 6.63. The number of nitrogen functional groups attached to an aromatic ring is 1. The van der Waals surface area contributed by atoms with Gasteiger partial charge < -0.3 is 10.8 Å². The van der Waals surface area contributed by atoms with Gasteiger partial charge in [-0.2, -0.15) is 4.98 Å². The number of rotatable bonds is 1. The van der Waals surface area contributed by atoms with Crippen LogP contribution in [0, 0.1) is 6.92 Å². The molecule has 0 saturated heterocycles. The van der Waals surface area contributed by atoms with Crippen molar-refractivity contribution in [2.24, 2.45) is 0 Å². The lowest BCUT2D eigenvalue weighted by atomic mass is 10.2. The fourth-order valence-electron chi connectivity index (χ4n) is 1.02. The van der Waals surface area contributed by atoms with Crippen LogP contribution in [-0.4, -0.2) is 15.1 Å². The van der Waals surface area contributed by atoms with Gasteiger partial charge in [0.1, 0.15) is 0 Å². The van der Waals surface area contributed by atoms with Crippen molar-refractivity contribution in [1.82, 2.24) is 9.97 Å². The molecule has 0 atom stereocenters. The molecule has 0 aromatic carbocycles. The standard InChI is InChI=1S/C7H11N3O/c1-3-5-4(2)9-7(8)10-6(5)11/h3H2,1-2H3,(H3,8,9,10,11). The van der Waals surface area contributed by atoms with Gasteiger partial charge in [-0.3, -0.25) is 0 Å². The number of aromatic nitrogens is 2. The van der Waals surface area contributed by atoms with E-state index in [1.165, 1.54) is 0 Å². The van der Waals surface area contributed by atoms with E-state index in [0.717, 1.165) is 17.7 Å². The summed E-state index contributed by atoms with van der Waals surface area (Å²) in [5.74, 6) is 0.120. The summed E-state index contributed by atoms with van der Waals surface area (Å²) in [7, 11) is 0. The van der Waals surface area contributed by atoms with E-state index in [4.69, 9.17) is 5.73 Å². The van der Waals surface area contributed by atoms with E-state index in [-0.39, 0.29) is 11.8 Å². The predicted octanol–water partition coefficient (Wildman–Crippen LogP) is 0.635. The lowest BCUT2D eigenvalue weighted by Crippen LogP contribution is -2.00. The number of aromatic hydroxyl groups is 1. The van der Waals surface area contributed by atoms with Crippen LogP contribution < -0.4 is 5.73 Å². The van der Waals surface area contributed by atoms with Crippen LogP contribution in [0.25, 0.3) is 0 Å². The molecule has 1 aromatic heterocycles. The predicted molar refractivity (Wildman–Crippen MR) is 42.2 cm³/mol. The maximum atomic E-state index is 9.24. The number of anilines is 1. The van der Waals surface area contributed by atoms with Crippen LogP contribution in [0.1, 0.15) is 18.2 Å². The average Bonchev–Trinajstić information content (AvgIpc) is 1.85. The summed E-state index contributed by atoms with van der Waals surface area (Å²) in [5.41, 5.74) is 6.81. The lowest BCUT2D eigenvalue weighted by Gasteiger charge is -2.03. The highest BCUT2D eigenvalue weighted by Gasteiger charge is 2.05. The van der Waals surface area contributed by atoms with E-state index in [0.29, 0.717) is 0 Å². The molecule has 0 saturated carbocycles. The minimum Gasteiger partial charge on any atom is -0.493 e. The van der Waals surface area contributed by atoms with Crippen molar-refractivity contribution < 1.29 is 5.11 Å². The van der Waals surface area contributed by atoms with Crippen molar-refractivity contribution in [3.8, 4) is 5.88 Å². The third kappa shape index (κ3) is 1.39. The van der Waals surface area contributed by atoms with Crippen LogP contribution in [-0.2, 0) is 6.42 Å². The second-order valence-electron chi connectivity index (χ2n) is 2.32. The van der Waals surface area contributed by atoms with Crippen molar-refractivity contribution in [2.75, 3.05) is 5.73 Å². The molecule has 4 nitrogen and oxygen atoms in total. The van der Waals surface area contributed by atoms with Crippen molar-refractivity contribution in [2.45, 2.75) is 20.3 Å². The molecule has 0 spiro atoms. The van der Waals surface area contributed by atoms with E-state index in [9.17, 15) is 5.11 Å². The van der Waals surface area contributed by atoms with Gasteiger partial charge in [0.2, 0.25) is 11.8 Å². The van der Waals surface area contributed by atoms with Gasteiger partial charge in [-0.15, -0.1) is 0 Å². The first-order valence-electron chi connectivity index (χ1n) is 3.47. The molecule has 0 aliphatic heterocycles. The third-order valence-electron chi connectivity index (χ3n) is 1.56. The monoisotopic (exact) mass is 153 g/mol. The first kappa shape index (κ1) is 7.78. The van der Waals surface area contributed by atoms with Crippen LogP contribution in [0.15, 0.2) is 0 Å². The Balaban J connectivity index is 3.25. The summed E-state index contributed by atoms with van der Waals surface area (Å²) in [6.45, 7) is 3.73. The summed E-state index contributed by atoms with van der Waals surface area (Å²) < 4.78 is 0.